The Labute approximate surface area is 103 Å². The van der Waals surface area contributed by atoms with Crippen LogP contribution in [-0.2, 0) is 0 Å². The van der Waals surface area contributed by atoms with Gasteiger partial charge in [-0.3, -0.25) is 11.3 Å². The lowest BCUT2D eigenvalue weighted by Gasteiger charge is -2.21. The first-order valence-electron chi connectivity index (χ1n) is 6.15. The zero-order valence-corrected chi connectivity index (χ0v) is 10.1. The van der Waals surface area contributed by atoms with Crippen LogP contribution in [0.15, 0.2) is 36.9 Å². The Bertz CT molecular complexity index is 378. The molecule has 2 rings (SSSR count). The molecule has 17 heavy (non-hydrogen) atoms. The zero-order chi connectivity index (χ0) is 12.1. The van der Waals surface area contributed by atoms with E-state index >= 15 is 0 Å². The SMILES string of the molecule is C=CCCCC(NN)C1COc2ccccc21. The van der Waals surface area contributed by atoms with Crippen LogP contribution in [0.1, 0.15) is 30.7 Å². The summed E-state index contributed by atoms with van der Waals surface area (Å²) >= 11 is 0. The van der Waals surface area contributed by atoms with Crippen molar-refractivity contribution >= 4 is 0 Å². The van der Waals surface area contributed by atoms with Gasteiger partial charge < -0.3 is 4.74 Å². The molecule has 0 spiro atoms. The van der Waals surface area contributed by atoms with Crippen LogP contribution in [0.5, 0.6) is 5.75 Å². The number of allylic oxidation sites excluding steroid dienone is 1. The van der Waals surface area contributed by atoms with Crippen molar-refractivity contribution in [2.75, 3.05) is 6.61 Å². The molecule has 0 bridgehead atoms. The Hall–Kier alpha value is -1.32. The second-order valence-corrected chi connectivity index (χ2v) is 4.45. The molecule has 3 heteroatoms. The van der Waals surface area contributed by atoms with Crippen LogP contribution >= 0.6 is 0 Å². The van der Waals surface area contributed by atoms with Crippen LogP contribution < -0.4 is 16.0 Å². The van der Waals surface area contributed by atoms with E-state index in [-0.39, 0.29) is 6.04 Å². The Kier molecular flexibility index (Phi) is 4.18. The van der Waals surface area contributed by atoms with Gasteiger partial charge in [0.2, 0.25) is 0 Å². The molecule has 2 atom stereocenters. The molecule has 2 unspecified atom stereocenters. The Morgan fingerprint density at radius 3 is 3.12 bits per heavy atom. The summed E-state index contributed by atoms with van der Waals surface area (Å²) in [6.45, 7) is 4.46. The largest absolute Gasteiger partial charge is 0.493 e. The predicted molar refractivity (Wildman–Crippen MR) is 69.8 cm³/mol. The van der Waals surface area contributed by atoms with Crippen LogP contribution in [0.25, 0.3) is 0 Å². The van der Waals surface area contributed by atoms with Crippen molar-refractivity contribution in [2.45, 2.75) is 31.2 Å². The minimum absolute atomic E-state index is 0.276. The van der Waals surface area contributed by atoms with Gasteiger partial charge in [-0.15, -0.1) is 6.58 Å². The average molecular weight is 232 g/mol. The number of hydrogen-bond donors (Lipinski definition) is 2. The number of hydrogen-bond acceptors (Lipinski definition) is 3. The van der Waals surface area contributed by atoms with Gasteiger partial charge in [-0.25, -0.2) is 0 Å². The summed E-state index contributed by atoms with van der Waals surface area (Å²) in [4.78, 5) is 0. The standard InChI is InChI=1S/C14H20N2O/c1-2-3-4-8-13(16-15)12-10-17-14-9-6-5-7-11(12)14/h2,5-7,9,12-13,16H,1,3-4,8,10,15H2. The zero-order valence-electron chi connectivity index (χ0n) is 10.1. The molecule has 0 aromatic heterocycles. The summed E-state index contributed by atoms with van der Waals surface area (Å²) in [5, 5.41) is 0. The molecule has 1 aliphatic heterocycles. The van der Waals surface area contributed by atoms with Gasteiger partial charge in [0, 0.05) is 17.5 Å². The minimum atomic E-state index is 0.276. The molecule has 1 aromatic rings. The first-order valence-corrected chi connectivity index (χ1v) is 6.15. The number of nitrogens with one attached hydrogen (secondary N) is 1. The second kappa shape index (κ2) is 5.84. The van der Waals surface area contributed by atoms with E-state index in [9.17, 15) is 0 Å². The van der Waals surface area contributed by atoms with Crippen molar-refractivity contribution in [3.8, 4) is 5.75 Å². The fraction of sp³-hybridized carbons (Fsp3) is 0.429. The van der Waals surface area contributed by atoms with E-state index in [1.54, 1.807) is 0 Å². The lowest BCUT2D eigenvalue weighted by molar-refractivity contribution is 0.291. The van der Waals surface area contributed by atoms with Crippen molar-refractivity contribution in [1.29, 1.82) is 0 Å². The first kappa shape index (κ1) is 12.1. The van der Waals surface area contributed by atoms with Crippen molar-refractivity contribution in [3.63, 3.8) is 0 Å². The fourth-order valence-electron chi connectivity index (χ4n) is 2.40. The van der Waals surface area contributed by atoms with Gasteiger partial charge >= 0.3 is 0 Å². The van der Waals surface area contributed by atoms with Gasteiger partial charge in [0.25, 0.3) is 0 Å². The van der Waals surface area contributed by atoms with E-state index in [1.807, 2.05) is 18.2 Å². The number of fused-ring (bicyclic) bond motifs is 1. The molecule has 0 fully saturated rings. The van der Waals surface area contributed by atoms with Crippen molar-refractivity contribution in [2.24, 2.45) is 5.84 Å². The highest BCUT2D eigenvalue weighted by Gasteiger charge is 2.30. The average Bonchev–Trinajstić information content (AvgIpc) is 2.79. The predicted octanol–water partition coefficient (Wildman–Crippen LogP) is 2.35. The molecule has 1 aliphatic rings. The quantitative estimate of drug-likeness (QED) is 0.342. The number of benzene rings is 1. The monoisotopic (exact) mass is 232 g/mol. The third-order valence-corrected chi connectivity index (χ3v) is 3.36. The summed E-state index contributed by atoms with van der Waals surface area (Å²) in [7, 11) is 0. The molecule has 1 heterocycles. The maximum absolute atomic E-state index is 5.68. The fourth-order valence-corrected chi connectivity index (χ4v) is 2.40. The van der Waals surface area contributed by atoms with Crippen molar-refractivity contribution < 1.29 is 4.74 Å². The Balaban J connectivity index is 2.03. The molecule has 0 amide bonds. The first-order chi connectivity index (χ1) is 8.36. The van der Waals surface area contributed by atoms with Gasteiger partial charge in [-0.1, -0.05) is 24.3 Å². The normalized spacial score (nSPS) is 19.5. The van der Waals surface area contributed by atoms with E-state index in [1.165, 1.54) is 5.56 Å². The molecule has 0 aliphatic carbocycles. The maximum atomic E-state index is 5.68. The molecule has 0 saturated carbocycles. The summed E-state index contributed by atoms with van der Waals surface area (Å²) in [6.07, 6.45) is 5.14. The third-order valence-electron chi connectivity index (χ3n) is 3.36. The number of nitrogens with two attached hydrogens (primary N) is 1. The number of para-hydroxylation sites is 1. The van der Waals surface area contributed by atoms with Crippen LogP contribution in [0, 0.1) is 0 Å². The number of ether oxygens (including phenoxy) is 1. The van der Waals surface area contributed by atoms with E-state index in [2.05, 4.69) is 24.1 Å². The summed E-state index contributed by atoms with van der Waals surface area (Å²) in [5.74, 6) is 7.02. The smallest absolute Gasteiger partial charge is 0.122 e. The molecular weight excluding hydrogens is 212 g/mol. The molecule has 1 aromatic carbocycles. The van der Waals surface area contributed by atoms with Crippen molar-refractivity contribution in [3.05, 3.63) is 42.5 Å². The molecule has 3 N–H and O–H groups in total. The second-order valence-electron chi connectivity index (χ2n) is 4.45. The van der Waals surface area contributed by atoms with E-state index < -0.39 is 0 Å². The van der Waals surface area contributed by atoms with Gasteiger partial charge in [0.05, 0.1) is 6.61 Å². The maximum Gasteiger partial charge on any atom is 0.122 e. The van der Waals surface area contributed by atoms with Crippen LogP contribution in [0.4, 0.5) is 0 Å². The molecule has 0 radical (unpaired) electrons. The van der Waals surface area contributed by atoms with Crippen LogP contribution in [-0.4, -0.2) is 12.6 Å². The summed E-state index contributed by atoms with van der Waals surface area (Å²) in [5.41, 5.74) is 4.20. The van der Waals surface area contributed by atoms with Gasteiger partial charge in [0.1, 0.15) is 5.75 Å². The van der Waals surface area contributed by atoms with Gasteiger partial charge in [0.15, 0.2) is 0 Å². The Morgan fingerprint density at radius 2 is 2.35 bits per heavy atom. The number of unbranched alkanes of at least 4 members (excludes halogenated alkanes) is 1. The van der Waals surface area contributed by atoms with Crippen LogP contribution in [0.3, 0.4) is 0 Å². The lowest BCUT2D eigenvalue weighted by Crippen LogP contribution is -2.40. The van der Waals surface area contributed by atoms with Gasteiger partial charge in [-0.05, 0) is 25.3 Å². The minimum Gasteiger partial charge on any atom is -0.493 e. The van der Waals surface area contributed by atoms with Crippen molar-refractivity contribution in [1.82, 2.24) is 5.43 Å². The summed E-state index contributed by atoms with van der Waals surface area (Å²) < 4.78 is 5.68. The molecular formula is C14H20N2O. The highest BCUT2D eigenvalue weighted by Crippen LogP contribution is 2.36. The molecule has 0 saturated heterocycles. The topological polar surface area (TPSA) is 47.3 Å². The van der Waals surface area contributed by atoms with Crippen LogP contribution in [0.2, 0.25) is 0 Å². The highest BCUT2D eigenvalue weighted by molar-refractivity contribution is 5.40. The van der Waals surface area contributed by atoms with E-state index in [0.29, 0.717) is 5.92 Å². The highest BCUT2D eigenvalue weighted by atomic mass is 16.5. The van der Waals surface area contributed by atoms with E-state index in [0.717, 1.165) is 31.6 Å². The van der Waals surface area contributed by atoms with E-state index in [4.69, 9.17) is 10.6 Å². The summed E-state index contributed by atoms with van der Waals surface area (Å²) in [6, 6.07) is 8.48. The number of rotatable bonds is 6. The number of hydrazine groups is 1. The third kappa shape index (κ3) is 2.68. The molecule has 3 nitrogen and oxygen atoms in total. The molecule has 92 valence electrons. The lowest BCUT2D eigenvalue weighted by atomic mass is 9.90. The Morgan fingerprint density at radius 1 is 1.53 bits per heavy atom. The van der Waals surface area contributed by atoms with Gasteiger partial charge in [-0.2, -0.15) is 0 Å².